The van der Waals surface area contributed by atoms with Crippen LogP contribution in [0.15, 0.2) is 48.5 Å². The molecule has 0 unspecified atom stereocenters. The van der Waals surface area contributed by atoms with E-state index in [4.69, 9.17) is 9.47 Å². The molecule has 0 bridgehead atoms. The van der Waals surface area contributed by atoms with Crippen LogP contribution >= 0.6 is 0 Å². The fourth-order valence-electron chi connectivity index (χ4n) is 5.08. The molecule has 0 amide bonds. The van der Waals surface area contributed by atoms with Crippen molar-refractivity contribution in [3.63, 3.8) is 0 Å². The molecule has 0 spiro atoms. The molecule has 2 aromatic rings. The lowest BCUT2D eigenvalue weighted by atomic mass is 9.78. The van der Waals surface area contributed by atoms with Gasteiger partial charge in [0.2, 0.25) is 0 Å². The molecule has 0 aliphatic heterocycles. The highest BCUT2D eigenvalue weighted by Crippen LogP contribution is 2.34. The fourth-order valence-corrected chi connectivity index (χ4v) is 5.08. The molecule has 0 radical (unpaired) electrons. The van der Waals surface area contributed by atoms with Crippen LogP contribution in [0.25, 0.3) is 11.1 Å². The van der Waals surface area contributed by atoms with Crippen LogP contribution < -0.4 is 4.74 Å². The summed E-state index contributed by atoms with van der Waals surface area (Å²) in [6, 6.07) is 16.8. The Labute approximate surface area is 200 Å². The molecule has 1 aliphatic carbocycles. The van der Waals surface area contributed by atoms with E-state index in [0.29, 0.717) is 12.4 Å². The number of ether oxygens (including phenoxy) is 2. The molecule has 3 rings (SSSR count). The lowest BCUT2D eigenvalue weighted by Gasteiger charge is -2.28. The van der Waals surface area contributed by atoms with E-state index in [-0.39, 0.29) is 5.97 Å². The second-order valence-electron chi connectivity index (χ2n) is 9.65. The molecule has 33 heavy (non-hydrogen) atoms. The van der Waals surface area contributed by atoms with E-state index in [0.717, 1.165) is 17.4 Å². The van der Waals surface area contributed by atoms with Crippen molar-refractivity contribution in [1.82, 2.24) is 0 Å². The number of esters is 1. The summed E-state index contributed by atoms with van der Waals surface area (Å²) in [7, 11) is 0. The Bertz CT molecular complexity index is 817. The monoisotopic (exact) mass is 450 g/mol. The Morgan fingerprint density at radius 1 is 0.848 bits per heavy atom. The average Bonchev–Trinajstić information content (AvgIpc) is 2.84. The summed E-state index contributed by atoms with van der Waals surface area (Å²) in [5, 5.41) is 0. The summed E-state index contributed by atoms with van der Waals surface area (Å²) in [6.07, 6.45) is 13.3. The first-order chi connectivity index (χ1) is 16.1. The SMILES string of the molecule is CCC[C@H]1CC[C@H](CCCCc2ccc(-c3ccc(O[C@H](C)C(=O)OCC)cc3)cc2)CC1. The maximum absolute atomic E-state index is 11.7. The highest BCUT2D eigenvalue weighted by atomic mass is 16.6. The molecule has 0 heterocycles. The standard InChI is InChI=1S/C30H42O3/c1-4-8-24-11-13-25(14-12-24)9-6-7-10-26-15-17-27(18-16-26)28-19-21-29(22-20-28)33-23(3)30(31)32-5-2/h15-25H,4-14H2,1-3H3/t23-,24-,25-/m1/s1. The number of carbonyl (C=O) groups excluding carboxylic acids is 1. The first-order valence-corrected chi connectivity index (χ1v) is 13.1. The first-order valence-electron chi connectivity index (χ1n) is 13.1. The van der Waals surface area contributed by atoms with E-state index in [1.807, 2.05) is 24.3 Å². The summed E-state index contributed by atoms with van der Waals surface area (Å²) in [5.74, 6) is 2.33. The van der Waals surface area contributed by atoms with E-state index in [9.17, 15) is 4.79 Å². The minimum absolute atomic E-state index is 0.337. The van der Waals surface area contributed by atoms with Crippen molar-refractivity contribution in [1.29, 1.82) is 0 Å². The lowest BCUT2D eigenvalue weighted by molar-refractivity contribution is -0.150. The van der Waals surface area contributed by atoms with Gasteiger partial charge in [0.1, 0.15) is 5.75 Å². The van der Waals surface area contributed by atoms with Crippen molar-refractivity contribution in [2.45, 2.75) is 91.1 Å². The van der Waals surface area contributed by atoms with Crippen LogP contribution in [0.1, 0.15) is 84.1 Å². The summed E-state index contributed by atoms with van der Waals surface area (Å²) < 4.78 is 10.7. The van der Waals surface area contributed by atoms with Gasteiger partial charge in [-0.15, -0.1) is 0 Å². The van der Waals surface area contributed by atoms with Crippen molar-refractivity contribution < 1.29 is 14.3 Å². The van der Waals surface area contributed by atoms with Crippen molar-refractivity contribution in [2.75, 3.05) is 6.61 Å². The Hall–Kier alpha value is -2.29. The molecule has 0 saturated heterocycles. The van der Waals surface area contributed by atoms with Crippen LogP contribution in [0.3, 0.4) is 0 Å². The normalized spacial score (nSPS) is 19.1. The second-order valence-corrected chi connectivity index (χ2v) is 9.65. The van der Waals surface area contributed by atoms with Crippen molar-refractivity contribution >= 4 is 5.97 Å². The van der Waals surface area contributed by atoms with Gasteiger partial charge in [0.15, 0.2) is 6.10 Å². The molecule has 0 N–H and O–H groups in total. The molecular formula is C30H42O3. The smallest absolute Gasteiger partial charge is 0.347 e. The van der Waals surface area contributed by atoms with Crippen LogP contribution in [-0.4, -0.2) is 18.7 Å². The van der Waals surface area contributed by atoms with Gasteiger partial charge in [-0.3, -0.25) is 0 Å². The Balaban J connectivity index is 1.39. The third kappa shape index (κ3) is 8.21. The van der Waals surface area contributed by atoms with Gasteiger partial charge in [0.05, 0.1) is 6.61 Å². The summed E-state index contributed by atoms with van der Waals surface area (Å²) >= 11 is 0. The number of benzene rings is 2. The number of hydrogen-bond acceptors (Lipinski definition) is 3. The van der Waals surface area contributed by atoms with Crippen LogP contribution in [0.4, 0.5) is 0 Å². The first kappa shape index (κ1) is 25.3. The number of hydrogen-bond donors (Lipinski definition) is 0. The van der Waals surface area contributed by atoms with Crippen molar-refractivity contribution in [2.24, 2.45) is 11.8 Å². The van der Waals surface area contributed by atoms with Gasteiger partial charge >= 0.3 is 5.97 Å². The van der Waals surface area contributed by atoms with E-state index in [2.05, 4.69) is 31.2 Å². The number of unbranched alkanes of at least 4 members (excludes halogenated alkanes) is 1. The zero-order chi connectivity index (χ0) is 23.5. The lowest BCUT2D eigenvalue weighted by Crippen LogP contribution is -2.25. The van der Waals surface area contributed by atoms with Crippen molar-refractivity contribution in [3.05, 3.63) is 54.1 Å². The zero-order valence-electron chi connectivity index (χ0n) is 20.9. The number of carbonyl (C=O) groups is 1. The van der Waals surface area contributed by atoms with Crippen LogP contribution in [0.5, 0.6) is 5.75 Å². The third-order valence-electron chi connectivity index (χ3n) is 7.06. The predicted molar refractivity (Wildman–Crippen MR) is 137 cm³/mol. The summed E-state index contributed by atoms with van der Waals surface area (Å²) in [6.45, 7) is 6.19. The minimum atomic E-state index is -0.605. The molecule has 180 valence electrons. The maximum Gasteiger partial charge on any atom is 0.347 e. The Kier molecular flexibility index (Phi) is 10.3. The number of rotatable bonds is 12. The summed E-state index contributed by atoms with van der Waals surface area (Å²) in [4.78, 5) is 11.7. The molecule has 0 aromatic heterocycles. The zero-order valence-corrected chi connectivity index (χ0v) is 20.9. The van der Waals surface area contributed by atoms with E-state index >= 15 is 0 Å². The van der Waals surface area contributed by atoms with Gasteiger partial charge in [-0.05, 0) is 67.3 Å². The molecule has 3 heteroatoms. The molecule has 1 fully saturated rings. The molecule has 2 aromatic carbocycles. The van der Waals surface area contributed by atoms with Crippen LogP contribution in [0, 0.1) is 11.8 Å². The van der Waals surface area contributed by atoms with Crippen LogP contribution in [0.2, 0.25) is 0 Å². The highest BCUT2D eigenvalue weighted by molar-refractivity contribution is 5.74. The summed E-state index contributed by atoms with van der Waals surface area (Å²) in [5.41, 5.74) is 3.78. The molecule has 1 aliphatic rings. The van der Waals surface area contributed by atoms with Gasteiger partial charge in [0.25, 0.3) is 0 Å². The quantitative estimate of drug-likeness (QED) is 0.243. The van der Waals surface area contributed by atoms with Gasteiger partial charge in [-0.1, -0.05) is 94.7 Å². The highest BCUT2D eigenvalue weighted by Gasteiger charge is 2.20. The maximum atomic E-state index is 11.7. The van der Waals surface area contributed by atoms with E-state index in [1.165, 1.54) is 75.3 Å². The van der Waals surface area contributed by atoms with Gasteiger partial charge < -0.3 is 9.47 Å². The van der Waals surface area contributed by atoms with Crippen LogP contribution in [-0.2, 0) is 16.0 Å². The molecule has 1 atom stereocenters. The largest absolute Gasteiger partial charge is 0.479 e. The Morgan fingerprint density at radius 2 is 1.42 bits per heavy atom. The molecule has 1 saturated carbocycles. The number of aryl methyl sites for hydroxylation is 1. The fraction of sp³-hybridized carbons (Fsp3) is 0.567. The Morgan fingerprint density at radius 3 is 2.00 bits per heavy atom. The average molecular weight is 451 g/mol. The van der Waals surface area contributed by atoms with E-state index in [1.54, 1.807) is 13.8 Å². The minimum Gasteiger partial charge on any atom is -0.479 e. The predicted octanol–water partition coefficient (Wildman–Crippen LogP) is 8.00. The molecule has 3 nitrogen and oxygen atoms in total. The van der Waals surface area contributed by atoms with Gasteiger partial charge in [-0.2, -0.15) is 0 Å². The molecular weight excluding hydrogens is 408 g/mol. The third-order valence-corrected chi connectivity index (χ3v) is 7.06. The van der Waals surface area contributed by atoms with Crippen molar-refractivity contribution in [3.8, 4) is 16.9 Å². The topological polar surface area (TPSA) is 35.5 Å². The van der Waals surface area contributed by atoms with E-state index < -0.39 is 6.10 Å². The second kappa shape index (κ2) is 13.4. The van der Waals surface area contributed by atoms with Gasteiger partial charge in [-0.25, -0.2) is 4.79 Å². The van der Waals surface area contributed by atoms with Gasteiger partial charge in [0, 0.05) is 0 Å².